The average Bonchev–Trinajstić information content (AvgIpc) is 1.76. The fourth-order valence-corrected chi connectivity index (χ4v) is 0.164. The van der Waals surface area contributed by atoms with Crippen LogP contribution in [0.2, 0.25) is 0 Å². The van der Waals surface area contributed by atoms with Crippen LogP contribution in [0.5, 0.6) is 0 Å². The minimum atomic E-state index is -0.806. The van der Waals surface area contributed by atoms with Gasteiger partial charge in [0.25, 0.3) is 0 Å². The van der Waals surface area contributed by atoms with E-state index in [4.69, 9.17) is 23.2 Å². The minimum Gasteiger partial charge on any atom is -0.339 e. The Morgan fingerprint density at radius 1 is 1.60 bits per heavy atom. The van der Waals surface area contributed by atoms with E-state index in [0.29, 0.717) is 6.61 Å². The smallest absolute Gasteiger partial charge is 0.241 e. The molecule has 0 amide bonds. The Morgan fingerprint density at radius 2 is 1.80 bits per heavy atom. The van der Waals surface area contributed by atoms with Gasteiger partial charge in [-0.1, -0.05) is 23.2 Å². The molecule has 30 valence electrons. The molecule has 0 radical (unpaired) electrons. The zero-order valence-corrected chi connectivity index (χ0v) is 3.88. The lowest BCUT2D eigenvalue weighted by Crippen LogP contribution is -1.77. The lowest BCUT2D eigenvalue weighted by atomic mass is 11.0. The molecule has 1 nitrogen and oxygen atoms in total. The third-order valence-electron chi connectivity index (χ3n) is 0.363. The van der Waals surface area contributed by atoms with Crippen molar-refractivity contribution >= 4 is 23.2 Å². The predicted molar refractivity (Wildman–Crippen MR) is 20.4 cm³/mol. The zero-order valence-electron chi connectivity index (χ0n) is 2.37. The van der Waals surface area contributed by atoms with Crippen LogP contribution in [-0.2, 0) is 4.74 Å². The van der Waals surface area contributed by atoms with E-state index in [2.05, 4.69) is 4.74 Å². The van der Waals surface area contributed by atoms with Crippen LogP contribution in [0.3, 0.4) is 0 Å². The number of rotatable bonds is 0. The van der Waals surface area contributed by atoms with Crippen molar-refractivity contribution < 1.29 is 4.74 Å². The van der Waals surface area contributed by atoms with Crippen LogP contribution in [0.1, 0.15) is 0 Å². The van der Waals surface area contributed by atoms with Crippen LogP contribution in [0.15, 0.2) is 0 Å². The van der Waals surface area contributed by atoms with Crippen molar-refractivity contribution in [2.75, 3.05) is 6.61 Å². The Kier molecular flexibility index (Phi) is 0.580. The van der Waals surface area contributed by atoms with Crippen molar-refractivity contribution in [3.63, 3.8) is 0 Å². The average molecular weight is 113 g/mol. The molecule has 0 aromatic carbocycles. The number of hydrogen-bond acceptors (Lipinski definition) is 1. The van der Waals surface area contributed by atoms with E-state index in [-0.39, 0.29) is 0 Å². The van der Waals surface area contributed by atoms with E-state index >= 15 is 0 Å². The van der Waals surface area contributed by atoms with Gasteiger partial charge in [-0.3, -0.25) is 0 Å². The molecule has 0 aromatic rings. The second kappa shape index (κ2) is 0.780. The second-order valence-electron chi connectivity index (χ2n) is 0.926. The highest BCUT2D eigenvalue weighted by Crippen LogP contribution is 2.35. The Bertz CT molecular complexity index is 45.6. The maximum absolute atomic E-state index is 5.18. The van der Waals surface area contributed by atoms with Gasteiger partial charge in [-0.2, -0.15) is 0 Å². The van der Waals surface area contributed by atoms with E-state index in [0.717, 1.165) is 0 Å². The fraction of sp³-hybridized carbons (Fsp3) is 1.00. The number of ether oxygens (including phenoxy) is 1. The van der Waals surface area contributed by atoms with Crippen molar-refractivity contribution in [2.24, 2.45) is 0 Å². The molecule has 0 saturated carbocycles. The molecule has 5 heavy (non-hydrogen) atoms. The SMILES string of the molecule is ClC1(Cl)CO1. The van der Waals surface area contributed by atoms with Gasteiger partial charge in [-0.15, -0.1) is 0 Å². The summed E-state index contributed by atoms with van der Waals surface area (Å²) in [5.41, 5.74) is 0. The molecule has 0 atom stereocenters. The van der Waals surface area contributed by atoms with Crippen molar-refractivity contribution in [3.05, 3.63) is 0 Å². The van der Waals surface area contributed by atoms with Crippen molar-refractivity contribution in [1.29, 1.82) is 0 Å². The van der Waals surface area contributed by atoms with E-state index in [1.165, 1.54) is 0 Å². The summed E-state index contributed by atoms with van der Waals surface area (Å²) >= 11 is 10.4. The van der Waals surface area contributed by atoms with Gasteiger partial charge in [-0.05, 0) is 0 Å². The third-order valence-corrected chi connectivity index (χ3v) is 0.799. The number of hydrogen-bond donors (Lipinski definition) is 0. The molecule has 1 saturated heterocycles. The molecular formula is C2H2Cl2O. The summed E-state index contributed by atoms with van der Waals surface area (Å²) < 4.78 is 3.62. The first-order valence-corrected chi connectivity index (χ1v) is 1.98. The first-order valence-electron chi connectivity index (χ1n) is 1.22. The first-order chi connectivity index (χ1) is 2.21. The monoisotopic (exact) mass is 112 g/mol. The molecule has 1 aliphatic heterocycles. The summed E-state index contributed by atoms with van der Waals surface area (Å²) in [7, 11) is 0. The molecule has 0 unspecified atom stereocenters. The lowest BCUT2D eigenvalue weighted by Gasteiger charge is -1.74. The van der Waals surface area contributed by atoms with Crippen LogP contribution >= 0.6 is 23.2 Å². The summed E-state index contributed by atoms with van der Waals surface area (Å²) in [4.78, 5) is 0. The Morgan fingerprint density at radius 3 is 1.80 bits per heavy atom. The molecular weight excluding hydrogens is 111 g/mol. The van der Waals surface area contributed by atoms with Crippen molar-refractivity contribution in [3.8, 4) is 0 Å². The van der Waals surface area contributed by atoms with Gasteiger partial charge < -0.3 is 4.74 Å². The molecule has 1 rings (SSSR count). The van der Waals surface area contributed by atoms with E-state index in [1.54, 1.807) is 0 Å². The highest BCUT2D eigenvalue weighted by molar-refractivity contribution is 6.49. The molecule has 1 aliphatic rings. The van der Waals surface area contributed by atoms with Gasteiger partial charge in [0.15, 0.2) is 0 Å². The standard InChI is InChI=1S/C2H2Cl2O/c3-2(4)1-5-2/h1H2. The minimum absolute atomic E-state index is 0.482. The van der Waals surface area contributed by atoms with Gasteiger partial charge in [0, 0.05) is 0 Å². The molecule has 0 N–H and O–H groups in total. The lowest BCUT2D eigenvalue weighted by molar-refractivity contribution is 0.437. The molecule has 0 aliphatic carbocycles. The molecule has 3 heteroatoms. The van der Waals surface area contributed by atoms with E-state index in [9.17, 15) is 0 Å². The van der Waals surface area contributed by atoms with Gasteiger partial charge >= 0.3 is 0 Å². The van der Waals surface area contributed by atoms with Crippen LogP contribution in [0, 0.1) is 0 Å². The second-order valence-corrected chi connectivity index (χ2v) is 2.34. The number of alkyl halides is 2. The Balaban J connectivity index is 2.38. The normalized spacial score (nSPS) is 30.0. The first kappa shape index (κ1) is 3.72. The quantitative estimate of drug-likeness (QED) is 0.339. The predicted octanol–water partition coefficient (Wildman–Crippen LogP) is 1.15. The van der Waals surface area contributed by atoms with E-state index < -0.39 is 4.52 Å². The van der Waals surface area contributed by atoms with Crippen molar-refractivity contribution in [1.82, 2.24) is 0 Å². The van der Waals surface area contributed by atoms with Crippen LogP contribution in [0.25, 0.3) is 0 Å². The molecule has 1 heterocycles. The molecule has 1 fully saturated rings. The molecule has 0 spiro atoms. The molecule has 0 bridgehead atoms. The van der Waals surface area contributed by atoms with Crippen LogP contribution < -0.4 is 0 Å². The van der Waals surface area contributed by atoms with E-state index in [1.807, 2.05) is 0 Å². The Hall–Kier alpha value is 0.540. The highest BCUT2D eigenvalue weighted by atomic mass is 35.5. The Labute approximate surface area is 39.8 Å². The van der Waals surface area contributed by atoms with Gasteiger partial charge in [0.2, 0.25) is 4.52 Å². The van der Waals surface area contributed by atoms with Crippen LogP contribution in [0.4, 0.5) is 0 Å². The number of halogens is 2. The van der Waals surface area contributed by atoms with Gasteiger partial charge in [-0.25, -0.2) is 0 Å². The summed E-state index contributed by atoms with van der Waals surface area (Å²) in [6.45, 7) is 0.482. The highest BCUT2D eigenvalue weighted by Gasteiger charge is 2.39. The van der Waals surface area contributed by atoms with Crippen molar-refractivity contribution in [2.45, 2.75) is 4.52 Å². The van der Waals surface area contributed by atoms with Gasteiger partial charge in [0.05, 0.1) is 0 Å². The topological polar surface area (TPSA) is 12.5 Å². The van der Waals surface area contributed by atoms with Crippen LogP contribution in [-0.4, -0.2) is 11.1 Å². The summed E-state index contributed by atoms with van der Waals surface area (Å²) in [6, 6.07) is 0. The zero-order chi connectivity index (χ0) is 3.91. The largest absolute Gasteiger partial charge is 0.339 e. The number of epoxide rings is 1. The summed E-state index contributed by atoms with van der Waals surface area (Å²) in [5.74, 6) is 0. The maximum Gasteiger partial charge on any atom is 0.241 e. The maximum atomic E-state index is 5.18. The third kappa shape index (κ3) is 0.954. The summed E-state index contributed by atoms with van der Waals surface area (Å²) in [6.07, 6.45) is 0. The molecule has 0 aromatic heterocycles. The fourth-order valence-electron chi connectivity index (χ4n) is 0.0546. The van der Waals surface area contributed by atoms with Gasteiger partial charge in [0.1, 0.15) is 6.61 Å². The summed E-state index contributed by atoms with van der Waals surface area (Å²) in [5, 5.41) is 0.